The molecule has 1 N–H and O–H groups in total. The SMILES string of the molecule is COC(=O)[C@](C)(CC(=O)O)[C@H](C)c1ccc(Br)cc1. The molecular formula is C14H17BrO4. The molecule has 1 aromatic carbocycles. The predicted octanol–water partition coefficient (Wildman–Crippen LogP) is 3.21. The van der Waals surface area contributed by atoms with Crippen LogP contribution in [0.4, 0.5) is 0 Å². The number of esters is 1. The molecule has 0 saturated heterocycles. The van der Waals surface area contributed by atoms with Gasteiger partial charge in [-0.15, -0.1) is 0 Å². The lowest BCUT2D eigenvalue weighted by Crippen LogP contribution is -2.36. The largest absolute Gasteiger partial charge is 0.481 e. The second-order valence-corrected chi connectivity index (χ2v) is 5.67. The summed E-state index contributed by atoms with van der Waals surface area (Å²) in [5.74, 6) is -1.79. The van der Waals surface area contributed by atoms with E-state index in [9.17, 15) is 9.59 Å². The van der Waals surface area contributed by atoms with Crippen molar-refractivity contribution in [3.8, 4) is 0 Å². The molecule has 1 rings (SSSR count). The molecule has 0 bridgehead atoms. The van der Waals surface area contributed by atoms with Gasteiger partial charge in [0.2, 0.25) is 0 Å². The molecule has 0 aliphatic carbocycles. The molecular weight excluding hydrogens is 312 g/mol. The van der Waals surface area contributed by atoms with Crippen LogP contribution >= 0.6 is 15.9 Å². The Morgan fingerprint density at radius 1 is 1.37 bits per heavy atom. The van der Waals surface area contributed by atoms with Gasteiger partial charge in [-0.2, -0.15) is 0 Å². The van der Waals surface area contributed by atoms with Crippen LogP contribution in [0.3, 0.4) is 0 Å². The van der Waals surface area contributed by atoms with Gasteiger partial charge in [0.1, 0.15) is 0 Å². The molecule has 0 aliphatic rings. The number of aliphatic carboxylic acids is 1. The lowest BCUT2D eigenvalue weighted by molar-refractivity contribution is -0.158. The van der Waals surface area contributed by atoms with Crippen molar-refractivity contribution in [2.45, 2.75) is 26.2 Å². The number of methoxy groups -OCH3 is 1. The average molecular weight is 329 g/mol. The van der Waals surface area contributed by atoms with Crippen LogP contribution < -0.4 is 0 Å². The zero-order valence-electron chi connectivity index (χ0n) is 11.1. The maximum atomic E-state index is 12.0. The predicted molar refractivity (Wildman–Crippen MR) is 74.9 cm³/mol. The van der Waals surface area contributed by atoms with E-state index < -0.39 is 17.4 Å². The van der Waals surface area contributed by atoms with E-state index in [0.29, 0.717) is 0 Å². The molecule has 0 amide bonds. The monoisotopic (exact) mass is 328 g/mol. The van der Waals surface area contributed by atoms with Gasteiger partial charge in [-0.25, -0.2) is 0 Å². The first-order chi connectivity index (χ1) is 8.81. The van der Waals surface area contributed by atoms with Crippen molar-refractivity contribution in [1.29, 1.82) is 0 Å². The molecule has 0 heterocycles. The van der Waals surface area contributed by atoms with E-state index in [4.69, 9.17) is 9.84 Å². The summed E-state index contributed by atoms with van der Waals surface area (Å²) in [6.07, 6.45) is -0.267. The Bertz CT molecular complexity index is 469. The fourth-order valence-corrected chi connectivity index (χ4v) is 2.33. The van der Waals surface area contributed by atoms with Crippen LogP contribution in [0.1, 0.15) is 31.7 Å². The molecule has 0 saturated carbocycles. The van der Waals surface area contributed by atoms with E-state index in [1.807, 2.05) is 31.2 Å². The van der Waals surface area contributed by atoms with Crippen LogP contribution in [0, 0.1) is 5.41 Å². The molecule has 0 fully saturated rings. The molecule has 1 aromatic rings. The van der Waals surface area contributed by atoms with Crippen LogP contribution in [0.25, 0.3) is 0 Å². The molecule has 0 aromatic heterocycles. The van der Waals surface area contributed by atoms with Gasteiger partial charge in [-0.05, 0) is 30.5 Å². The fraction of sp³-hybridized carbons (Fsp3) is 0.429. The van der Waals surface area contributed by atoms with Crippen LogP contribution in [0.5, 0.6) is 0 Å². The van der Waals surface area contributed by atoms with Crippen LogP contribution in [-0.4, -0.2) is 24.2 Å². The van der Waals surface area contributed by atoms with Gasteiger partial charge in [0, 0.05) is 4.47 Å². The molecule has 0 radical (unpaired) electrons. The first-order valence-corrected chi connectivity index (χ1v) is 6.66. The Hall–Kier alpha value is -1.36. The second-order valence-electron chi connectivity index (χ2n) is 4.75. The van der Waals surface area contributed by atoms with E-state index in [0.717, 1.165) is 10.0 Å². The molecule has 4 nitrogen and oxygen atoms in total. The molecule has 19 heavy (non-hydrogen) atoms. The lowest BCUT2D eigenvalue weighted by Gasteiger charge is -2.31. The summed E-state index contributed by atoms with van der Waals surface area (Å²) >= 11 is 3.34. The van der Waals surface area contributed by atoms with Crippen molar-refractivity contribution in [3.05, 3.63) is 34.3 Å². The molecule has 0 spiro atoms. The number of carboxylic acid groups (broad SMARTS) is 1. The quantitative estimate of drug-likeness (QED) is 0.843. The number of carboxylic acids is 1. The summed E-state index contributed by atoms with van der Waals surface area (Å²) in [6.45, 7) is 3.46. The van der Waals surface area contributed by atoms with Crippen molar-refractivity contribution >= 4 is 27.9 Å². The van der Waals surface area contributed by atoms with Gasteiger partial charge in [-0.3, -0.25) is 9.59 Å². The van der Waals surface area contributed by atoms with Gasteiger partial charge in [0.05, 0.1) is 18.9 Å². The second kappa shape index (κ2) is 6.19. The number of halogens is 1. The molecule has 0 aliphatic heterocycles. The number of hydrogen-bond donors (Lipinski definition) is 1. The third-order valence-corrected chi connectivity index (χ3v) is 4.02. The molecule has 104 valence electrons. The third kappa shape index (κ3) is 3.56. The third-order valence-electron chi connectivity index (χ3n) is 3.50. The highest BCUT2D eigenvalue weighted by Crippen LogP contribution is 2.40. The number of benzene rings is 1. The van der Waals surface area contributed by atoms with Gasteiger partial charge in [0.25, 0.3) is 0 Å². The Labute approximate surface area is 120 Å². The summed E-state index contributed by atoms with van der Waals surface area (Å²) in [5, 5.41) is 9.02. The van der Waals surface area contributed by atoms with E-state index in [-0.39, 0.29) is 12.3 Å². The Morgan fingerprint density at radius 3 is 2.32 bits per heavy atom. The minimum absolute atomic E-state index is 0.260. The molecule has 0 unspecified atom stereocenters. The van der Waals surface area contributed by atoms with Gasteiger partial charge in [-0.1, -0.05) is 35.0 Å². The highest BCUT2D eigenvalue weighted by atomic mass is 79.9. The summed E-state index contributed by atoms with van der Waals surface area (Å²) in [6, 6.07) is 7.48. The van der Waals surface area contributed by atoms with Gasteiger partial charge >= 0.3 is 11.9 Å². The average Bonchev–Trinajstić information content (AvgIpc) is 2.36. The Balaban J connectivity index is 3.13. The maximum Gasteiger partial charge on any atom is 0.312 e. The minimum Gasteiger partial charge on any atom is -0.481 e. The van der Waals surface area contributed by atoms with Crippen molar-refractivity contribution in [2.75, 3.05) is 7.11 Å². The highest BCUT2D eigenvalue weighted by Gasteiger charge is 2.42. The van der Waals surface area contributed by atoms with E-state index in [2.05, 4.69) is 15.9 Å². The van der Waals surface area contributed by atoms with Crippen molar-refractivity contribution in [2.24, 2.45) is 5.41 Å². The standard InChI is InChI=1S/C14H17BrO4/c1-9(10-4-6-11(15)7-5-10)14(2,8-12(16)17)13(18)19-3/h4-7,9H,8H2,1-3H3,(H,16,17)/t9-,14-/m1/s1. The van der Waals surface area contributed by atoms with Crippen LogP contribution in [0.2, 0.25) is 0 Å². The van der Waals surface area contributed by atoms with E-state index >= 15 is 0 Å². The topological polar surface area (TPSA) is 63.6 Å². The Kier molecular flexibility index (Phi) is 5.11. The number of carbonyl (C=O) groups is 2. The van der Waals surface area contributed by atoms with Crippen molar-refractivity contribution < 1.29 is 19.4 Å². The smallest absolute Gasteiger partial charge is 0.312 e. The zero-order valence-corrected chi connectivity index (χ0v) is 12.7. The molecule has 2 atom stereocenters. The zero-order chi connectivity index (χ0) is 14.6. The van der Waals surface area contributed by atoms with Crippen LogP contribution in [0.15, 0.2) is 28.7 Å². The van der Waals surface area contributed by atoms with Crippen molar-refractivity contribution in [3.63, 3.8) is 0 Å². The number of rotatable bonds is 5. The first-order valence-electron chi connectivity index (χ1n) is 5.87. The maximum absolute atomic E-state index is 12.0. The summed E-state index contributed by atoms with van der Waals surface area (Å²) in [7, 11) is 1.27. The number of carbonyl (C=O) groups excluding carboxylic acids is 1. The van der Waals surface area contributed by atoms with Gasteiger partial charge < -0.3 is 9.84 Å². The fourth-order valence-electron chi connectivity index (χ4n) is 2.07. The Morgan fingerprint density at radius 2 is 1.89 bits per heavy atom. The van der Waals surface area contributed by atoms with Crippen molar-refractivity contribution in [1.82, 2.24) is 0 Å². The highest BCUT2D eigenvalue weighted by molar-refractivity contribution is 9.10. The number of ether oxygens (including phenoxy) is 1. The first kappa shape index (κ1) is 15.7. The van der Waals surface area contributed by atoms with E-state index in [1.165, 1.54) is 7.11 Å². The summed E-state index contributed by atoms with van der Waals surface area (Å²) in [4.78, 5) is 23.0. The van der Waals surface area contributed by atoms with Gasteiger partial charge in [0.15, 0.2) is 0 Å². The number of hydrogen-bond acceptors (Lipinski definition) is 3. The minimum atomic E-state index is -1.09. The van der Waals surface area contributed by atoms with E-state index in [1.54, 1.807) is 6.92 Å². The summed E-state index contributed by atoms with van der Waals surface area (Å²) < 4.78 is 5.70. The van der Waals surface area contributed by atoms with Crippen LogP contribution in [-0.2, 0) is 14.3 Å². The lowest BCUT2D eigenvalue weighted by atomic mass is 9.72. The molecule has 5 heteroatoms. The normalized spacial score (nSPS) is 15.4. The summed E-state index contributed by atoms with van der Waals surface area (Å²) in [5.41, 5.74) is -0.189.